The van der Waals surface area contributed by atoms with Crippen molar-refractivity contribution in [3.8, 4) is 67.5 Å². The molecule has 4 heteroatoms. The molecule has 0 aliphatic heterocycles. The van der Waals surface area contributed by atoms with Crippen molar-refractivity contribution >= 4 is 21.9 Å². The second kappa shape index (κ2) is 12.2. The molecule has 49 heavy (non-hydrogen) atoms. The molecule has 0 spiro atoms. The lowest BCUT2D eigenvalue weighted by Gasteiger charge is -2.10. The Bertz CT molecular complexity index is 2590. The van der Waals surface area contributed by atoms with E-state index in [1.165, 1.54) is 11.1 Å². The van der Waals surface area contributed by atoms with Gasteiger partial charge >= 0.3 is 0 Å². The summed E-state index contributed by atoms with van der Waals surface area (Å²) in [5.41, 5.74) is 11.2. The zero-order valence-corrected chi connectivity index (χ0v) is 26.5. The average molecular weight is 628 g/mol. The molecule has 9 aromatic rings. The zero-order valence-electron chi connectivity index (χ0n) is 26.5. The third-order valence-electron chi connectivity index (χ3n) is 8.93. The van der Waals surface area contributed by atoms with Gasteiger partial charge in [-0.1, -0.05) is 146 Å². The maximum atomic E-state index is 6.42. The van der Waals surface area contributed by atoms with Crippen LogP contribution < -0.4 is 0 Å². The van der Waals surface area contributed by atoms with E-state index in [-0.39, 0.29) is 0 Å². The standard InChI is InChI=1S/C45H29N3O/c1-4-13-30(14-5-1)33-19-10-21-35(27-33)36-25-26-40-39(29-36)42-38(23-12-24-41(42)49-40)45-47-43(32-17-8-3-9-18-32)46-44(48-45)37-22-11-20-34(28-37)31-15-6-2-7-16-31/h1-29H. The van der Waals surface area contributed by atoms with Gasteiger partial charge in [0.25, 0.3) is 0 Å². The van der Waals surface area contributed by atoms with Crippen LogP contribution >= 0.6 is 0 Å². The summed E-state index contributed by atoms with van der Waals surface area (Å²) in [6.45, 7) is 0. The summed E-state index contributed by atoms with van der Waals surface area (Å²) in [6.07, 6.45) is 0. The van der Waals surface area contributed by atoms with Crippen molar-refractivity contribution in [3.63, 3.8) is 0 Å². The number of furan rings is 1. The maximum absolute atomic E-state index is 6.42. The van der Waals surface area contributed by atoms with Crippen LogP contribution in [-0.2, 0) is 0 Å². The molecular formula is C45H29N3O. The van der Waals surface area contributed by atoms with Crippen LogP contribution in [0.5, 0.6) is 0 Å². The van der Waals surface area contributed by atoms with Gasteiger partial charge in [0.2, 0.25) is 0 Å². The van der Waals surface area contributed by atoms with Crippen molar-refractivity contribution in [3.05, 3.63) is 176 Å². The molecule has 4 nitrogen and oxygen atoms in total. The fourth-order valence-electron chi connectivity index (χ4n) is 6.51. The van der Waals surface area contributed by atoms with Crippen molar-refractivity contribution in [2.45, 2.75) is 0 Å². The van der Waals surface area contributed by atoms with Gasteiger partial charge in [0.15, 0.2) is 17.5 Å². The summed E-state index contributed by atoms with van der Waals surface area (Å²) in [5, 5.41) is 2.00. The number of hydrogen-bond donors (Lipinski definition) is 0. The molecule has 0 saturated carbocycles. The lowest BCUT2D eigenvalue weighted by atomic mass is 9.97. The minimum absolute atomic E-state index is 0.596. The molecular weight excluding hydrogens is 599 g/mol. The van der Waals surface area contributed by atoms with Crippen molar-refractivity contribution in [2.75, 3.05) is 0 Å². The van der Waals surface area contributed by atoms with Crippen LogP contribution in [0.3, 0.4) is 0 Å². The van der Waals surface area contributed by atoms with Crippen LogP contribution in [0.2, 0.25) is 0 Å². The summed E-state index contributed by atoms with van der Waals surface area (Å²) < 4.78 is 6.42. The first-order valence-corrected chi connectivity index (χ1v) is 16.4. The minimum Gasteiger partial charge on any atom is -0.456 e. The van der Waals surface area contributed by atoms with Gasteiger partial charge < -0.3 is 4.42 Å². The summed E-state index contributed by atoms with van der Waals surface area (Å²) >= 11 is 0. The fraction of sp³-hybridized carbons (Fsp3) is 0. The van der Waals surface area contributed by atoms with Gasteiger partial charge in [0, 0.05) is 27.5 Å². The topological polar surface area (TPSA) is 51.8 Å². The maximum Gasteiger partial charge on any atom is 0.164 e. The number of rotatable bonds is 6. The fourth-order valence-corrected chi connectivity index (χ4v) is 6.51. The Hall–Kier alpha value is -6.65. The van der Waals surface area contributed by atoms with Crippen LogP contribution in [0.4, 0.5) is 0 Å². The smallest absolute Gasteiger partial charge is 0.164 e. The van der Waals surface area contributed by atoms with Crippen LogP contribution in [-0.4, -0.2) is 15.0 Å². The predicted molar refractivity (Wildman–Crippen MR) is 200 cm³/mol. The number of aromatic nitrogens is 3. The van der Waals surface area contributed by atoms with Crippen molar-refractivity contribution < 1.29 is 4.42 Å². The van der Waals surface area contributed by atoms with E-state index >= 15 is 0 Å². The SMILES string of the molecule is c1ccc(-c2cccc(-c3ccc4oc5cccc(-c6nc(-c7ccccc7)nc(-c7cccc(-c8ccccc8)c7)n6)c5c4c3)c2)cc1. The van der Waals surface area contributed by atoms with E-state index in [2.05, 4.69) is 121 Å². The molecule has 9 rings (SSSR count). The quantitative estimate of drug-likeness (QED) is 0.184. The Labute approximate surface area is 284 Å². The summed E-state index contributed by atoms with van der Waals surface area (Å²) in [7, 11) is 0. The van der Waals surface area contributed by atoms with E-state index in [0.717, 1.165) is 60.9 Å². The second-order valence-electron chi connectivity index (χ2n) is 12.1. The van der Waals surface area contributed by atoms with Crippen molar-refractivity contribution in [1.29, 1.82) is 0 Å². The van der Waals surface area contributed by atoms with Gasteiger partial charge in [-0.05, 0) is 63.7 Å². The second-order valence-corrected chi connectivity index (χ2v) is 12.1. The molecule has 0 unspecified atom stereocenters. The van der Waals surface area contributed by atoms with Gasteiger partial charge in [0.1, 0.15) is 11.2 Å². The Balaban J connectivity index is 1.22. The van der Waals surface area contributed by atoms with Gasteiger partial charge in [-0.3, -0.25) is 0 Å². The van der Waals surface area contributed by atoms with E-state index in [0.29, 0.717) is 17.5 Å². The van der Waals surface area contributed by atoms with Crippen LogP contribution in [0, 0.1) is 0 Å². The highest BCUT2D eigenvalue weighted by Crippen LogP contribution is 2.39. The molecule has 0 atom stereocenters. The molecule has 0 N–H and O–H groups in total. The molecule has 2 heterocycles. The molecule has 0 fully saturated rings. The van der Waals surface area contributed by atoms with Gasteiger partial charge in [-0.15, -0.1) is 0 Å². The number of nitrogens with zero attached hydrogens (tertiary/aromatic N) is 3. The lowest BCUT2D eigenvalue weighted by molar-refractivity contribution is 0.669. The van der Waals surface area contributed by atoms with E-state index in [4.69, 9.17) is 19.4 Å². The molecule has 7 aromatic carbocycles. The van der Waals surface area contributed by atoms with Crippen LogP contribution in [0.1, 0.15) is 0 Å². The number of fused-ring (bicyclic) bond motifs is 3. The third kappa shape index (κ3) is 5.45. The van der Waals surface area contributed by atoms with Gasteiger partial charge in [-0.25, -0.2) is 15.0 Å². The lowest BCUT2D eigenvalue weighted by Crippen LogP contribution is -2.00. The summed E-state index contributed by atoms with van der Waals surface area (Å²) in [4.78, 5) is 15.2. The average Bonchev–Trinajstić information content (AvgIpc) is 3.57. The zero-order chi connectivity index (χ0) is 32.6. The Morgan fingerprint density at radius 2 is 0.776 bits per heavy atom. The van der Waals surface area contributed by atoms with E-state index in [1.54, 1.807) is 0 Å². The first kappa shape index (κ1) is 28.6. The van der Waals surface area contributed by atoms with Crippen molar-refractivity contribution in [1.82, 2.24) is 15.0 Å². The van der Waals surface area contributed by atoms with Gasteiger partial charge in [0.05, 0.1) is 0 Å². The first-order valence-electron chi connectivity index (χ1n) is 16.4. The van der Waals surface area contributed by atoms with E-state index in [1.807, 2.05) is 54.6 Å². The Morgan fingerprint density at radius 3 is 1.43 bits per heavy atom. The largest absolute Gasteiger partial charge is 0.456 e. The number of benzene rings is 7. The third-order valence-corrected chi connectivity index (χ3v) is 8.93. The Kier molecular flexibility index (Phi) is 7.10. The highest BCUT2D eigenvalue weighted by Gasteiger charge is 2.18. The van der Waals surface area contributed by atoms with Crippen LogP contribution in [0.25, 0.3) is 89.5 Å². The van der Waals surface area contributed by atoms with Crippen LogP contribution in [0.15, 0.2) is 180 Å². The number of hydrogen-bond acceptors (Lipinski definition) is 4. The van der Waals surface area contributed by atoms with E-state index in [9.17, 15) is 0 Å². The highest BCUT2D eigenvalue weighted by atomic mass is 16.3. The molecule has 2 aromatic heterocycles. The molecule has 0 bridgehead atoms. The normalized spacial score (nSPS) is 11.3. The molecule has 0 amide bonds. The van der Waals surface area contributed by atoms with Crippen molar-refractivity contribution in [2.24, 2.45) is 0 Å². The first-order chi connectivity index (χ1) is 24.3. The summed E-state index contributed by atoms with van der Waals surface area (Å²) in [5.74, 6) is 1.83. The highest BCUT2D eigenvalue weighted by molar-refractivity contribution is 6.12. The summed E-state index contributed by atoms with van der Waals surface area (Å²) in [6, 6.07) is 60.5. The monoisotopic (exact) mass is 627 g/mol. The molecule has 0 saturated heterocycles. The van der Waals surface area contributed by atoms with Gasteiger partial charge in [-0.2, -0.15) is 0 Å². The van der Waals surface area contributed by atoms with E-state index < -0.39 is 0 Å². The molecule has 0 aliphatic rings. The minimum atomic E-state index is 0.596. The molecule has 0 aliphatic carbocycles. The molecule has 230 valence electrons. The predicted octanol–water partition coefficient (Wildman–Crippen LogP) is 11.8. The Morgan fingerprint density at radius 1 is 0.306 bits per heavy atom. The molecule has 0 radical (unpaired) electrons.